The highest BCUT2D eigenvalue weighted by molar-refractivity contribution is 7.97. The van der Waals surface area contributed by atoms with Crippen LogP contribution in [0.5, 0.6) is 11.5 Å². The summed E-state index contributed by atoms with van der Waals surface area (Å²) >= 11 is 0. The molecule has 2 radical (unpaired) electrons. The van der Waals surface area contributed by atoms with Gasteiger partial charge < -0.3 is 18.9 Å². The smallest absolute Gasteiger partial charge is 0.416 e. The number of ether oxygens (including phenoxy) is 4. The predicted molar refractivity (Wildman–Crippen MR) is 188 cm³/mol. The van der Waals surface area contributed by atoms with Crippen molar-refractivity contribution in [2.45, 2.75) is 71.1 Å². The van der Waals surface area contributed by atoms with E-state index in [9.17, 15) is 0 Å². The van der Waals surface area contributed by atoms with Crippen molar-refractivity contribution in [2.75, 3.05) is 54.7 Å². The van der Waals surface area contributed by atoms with Crippen LogP contribution < -0.4 is 20.1 Å². The molecule has 9 heteroatoms. The van der Waals surface area contributed by atoms with Crippen molar-refractivity contribution >= 4 is 33.5 Å². The summed E-state index contributed by atoms with van der Waals surface area (Å²) in [4.78, 5) is 0. The molecular weight excluding hydrogens is 585 g/mol. The second kappa shape index (κ2) is 14.4. The van der Waals surface area contributed by atoms with E-state index in [2.05, 4.69) is 79.5 Å². The Morgan fingerprint density at radius 2 is 1.18 bits per heavy atom. The van der Waals surface area contributed by atoms with Crippen molar-refractivity contribution in [1.29, 1.82) is 0 Å². The van der Waals surface area contributed by atoms with Crippen LogP contribution in [0.15, 0.2) is 47.8 Å². The number of allylic oxidation sites excluding steroid dienone is 4. The molecule has 2 aliphatic heterocycles. The van der Waals surface area contributed by atoms with Crippen LogP contribution in [0.25, 0.3) is 0 Å². The zero-order chi connectivity index (χ0) is 31.6. The zero-order valence-electron chi connectivity index (χ0n) is 27.9. The molecule has 0 spiro atoms. The van der Waals surface area contributed by atoms with E-state index in [1.807, 2.05) is 14.2 Å². The average Bonchev–Trinajstić information content (AvgIpc) is 3.75. The van der Waals surface area contributed by atoms with Gasteiger partial charge in [-0.3, -0.25) is 0 Å². The molecule has 3 atom stereocenters. The summed E-state index contributed by atoms with van der Waals surface area (Å²) in [5, 5.41) is 4.07. The van der Waals surface area contributed by atoms with Crippen molar-refractivity contribution < 1.29 is 18.9 Å². The fourth-order valence-electron chi connectivity index (χ4n) is 7.84. The lowest BCUT2D eigenvalue weighted by atomic mass is 10.1. The number of nitrogens with zero attached hydrogens (tertiary/aromatic N) is 2. The fraction of sp³-hybridized carbons (Fsp3) is 0.543. The fourth-order valence-corrected chi connectivity index (χ4v) is 15.5. The van der Waals surface area contributed by atoms with Gasteiger partial charge in [-0.05, 0) is 125 Å². The third-order valence-corrected chi connectivity index (χ3v) is 16.2. The molecule has 236 valence electrons. The lowest BCUT2D eigenvalue weighted by Crippen LogP contribution is -2.45. The van der Waals surface area contributed by atoms with E-state index in [1.165, 1.54) is 15.9 Å². The standard InChI is InChI=1S/C35H50BN2O4P2/c1-24-18-30(19-25(2)34(24)41-7)43(31-20-26(3)35(42-8)27(4)21-31)32-14-9-15-33(32)44(36,37-16-10-12-28(37)22-39-5)38-17-11-13-29(38)23-40-6/h9,14-15,18-21,28-29,32H,10-13,16-17,22-23H2,1-8H3/q+1/t28-,29-,32+/m0/s1. The summed E-state index contributed by atoms with van der Waals surface area (Å²) in [7, 11) is 11.9. The summed E-state index contributed by atoms with van der Waals surface area (Å²) in [6.07, 6.45) is 11.6. The molecule has 2 aromatic rings. The van der Waals surface area contributed by atoms with E-state index in [-0.39, 0.29) is 5.66 Å². The minimum Gasteiger partial charge on any atom is -0.496 e. The largest absolute Gasteiger partial charge is 0.496 e. The topological polar surface area (TPSA) is 43.4 Å². The van der Waals surface area contributed by atoms with E-state index in [0.717, 1.165) is 72.5 Å². The Hall–Kier alpha value is -1.72. The Balaban J connectivity index is 1.69. The van der Waals surface area contributed by atoms with Crippen molar-refractivity contribution in [2.24, 2.45) is 0 Å². The van der Waals surface area contributed by atoms with Crippen LogP contribution in [-0.2, 0) is 9.47 Å². The number of hydrogen-bond donors (Lipinski definition) is 0. The Labute approximate surface area is 268 Å². The van der Waals surface area contributed by atoms with Gasteiger partial charge in [-0.1, -0.05) is 12.2 Å². The lowest BCUT2D eigenvalue weighted by molar-refractivity contribution is 0.137. The molecule has 0 amide bonds. The van der Waals surface area contributed by atoms with Gasteiger partial charge in [-0.2, -0.15) is 9.34 Å². The molecule has 0 saturated carbocycles. The first-order chi connectivity index (χ1) is 21.2. The Morgan fingerprint density at radius 3 is 1.57 bits per heavy atom. The van der Waals surface area contributed by atoms with E-state index in [0.29, 0.717) is 25.3 Å². The Kier molecular flexibility index (Phi) is 11.0. The van der Waals surface area contributed by atoms with Crippen LogP contribution in [0.4, 0.5) is 0 Å². The van der Waals surface area contributed by atoms with E-state index < -0.39 is 15.4 Å². The first kappa shape index (κ1) is 33.6. The van der Waals surface area contributed by atoms with Gasteiger partial charge in [-0.15, -0.1) is 0 Å². The highest BCUT2D eigenvalue weighted by atomic mass is 31.2. The van der Waals surface area contributed by atoms with Crippen LogP contribution in [0, 0.1) is 27.7 Å². The van der Waals surface area contributed by atoms with Gasteiger partial charge in [-0.25, -0.2) is 0 Å². The van der Waals surface area contributed by atoms with Crippen LogP contribution in [-0.4, -0.2) is 89.4 Å². The molecule has 2 aromatic carbocycles. The van der Waals surface area contributed by atoms with Crippen molar-refractivity contribution in [1.82, 2.24) is 9.34 Å². The van der Waals surface area contributed by atoms with Gasteiger partial charge in [0.25, 0.3) is 0 Å². The predicted octanol–water partition coefficient (Wildman–Crippen LogP) is 6.35. The average molecular weight is 636 g/mol. The molecule has 0 bridgehead atoms. The van der Waals surface area contributed by atoms with Gasteiger partial charge in [0, 0.05) is 27.3 Å². The van der Waals surface area contributed by atoms with Crippen molar-refractivity contribution in [3.63, 3.8) is 0 Å². The Bertz CT molecular complexity index is 1270. The SMILES string of the molecule is [B][P+](C1=CC=C[C@H]1P(c1cc(C)c(OC)c(C)c1)c1cc(C)c(OC)c(C)c1)(N1CCC[C@H]1COC)N1CCC[C@H]1COC. The van der Waals surface area contributed by atoms with Crippen LogP contribution in [0.2, 0.25) is 0 Å². The van der Waals surface area contributed by atoms with Crippen LogP contribution in [0.3, 0.4) is 0 Å². The molecule has 0 unspecified atom stereocenters. The molecule has 44 heavy (non-hydrogen) atoms. The van der Waals surface area contributed by atoms with Crippen LogP contribution in [0.1, 0.15) is 47.9 Å². The number of hydrogen-bond acceptors (Lipinski definition) is 6. The van der Waals surface area contributed by atoms with Gasteiger partial charge >= 0.3 is 7.57 Å². The molecule has 5 rings (SSSR count). The highest BCUT2D eigenvalue weighted by Gasteiger charge is 2.59. The molecule has 2 saturated heterocycles. The number of rotatable bonds is 12. The second-order valence-electron chi connectivity index (χ2n) is 12.5. The van der Waals surface area contributed by atoms with Gasteiger partial charge in [0.2, 0.25) is 0 Å². The van der Waals surface area contributed by atoms with Gasteiger partial charge in [0.15, 0.2) is 0 Å². The van der Waals surface area contributed by atoms with E-state index in [4.69, 9.17) is 26.5 Å². The maximum atomic E-state index is 8.06. The molecule has 3 aliphatic rings. The van der Waals surface area contributed by atoms with Crippen molar-refractivity contribution in [3.05, 3.63) is 70.1 Å². The van der Waals surface area contributed by atoms with Gasteiger partial charge in [0.1, 0.15) is 24.3 Å². The van der Waals surface area contributed by atoms with Crippen LogP contribution >= 0.6 is 15.4 Å². The zero-order valence-corrected chi connectivity index (χ0v) is 29.7. The quantitative estimate of drug-likeness (QED) is 0.200. The summed E-state index contributed by atoms with van der Waals surface area (Å²) in [6.45, 7) is 12.0. The molecule has 6 nitrogen and oxygen atoms in total. The first-order valence-corrected chi connectivity index (χ1v) is 19.0. The highest BCUT2D eigenvalue weighted by Crippen LogP contribution is 2.75. The molecule has 2 fully saturated rings. The summed E-state index contributed by atoms with van der Waals surface area (Å²) < 4.78 is 28.5. The molecule has 1 aliphatic carbocycles. The number of methoxy groups -OCH3 is 4. The van der Waals surface area contributed by atoms with E-state index >= 15 is 0 Å². The van der Waals surface area contributed by atoms with E-state index in [1.54, 1.807) is 14.2 Å². The molecular formula is C35H50BN2O4P2+. The summed E-state index contributed by atoms with van der Waals surface area (Å²) in [6, 6.07) is 10.0. The summed E-state index contributed by atoms with van der Waals surface area (Å²) in [5.41, 5.74) is 4.82. The lowest BCUT2D eigenvalue weighted by Gasteiger charge is -2.46. The Morgan fingerprint density at radius 1 is 0.750 bits per heavy atom. The maximum Gasteiger partial charge on any atom is 0.416 e. The summed E-state index contributed by atoms with van der Waals surface area (Å²) in [5.74, 6) is 1.92. The minimum absolute atomic E-state index is 0.162. The first-order valence-electron chi connectivity index (χ1n) is 15.9. The maximum absolute atomic E-state index is 8.06. The third-order valence-electron chi connectivity index (χ3n) is 9.57. The monoisotopic (exact) mass is 635 g/mol. The van der Waals surface area contributed by atoms with Gasteiger partial charge in [0.05, 0.1) is 45.2 Å². The normalized spacial score (nSPS) is 22.8. The molecule has 0 N–H and O–H groups in total. The second-order valence-corrected chi connectivity index (χ2v) is 17.7. The molecule has 0 aromatic heterocycles. The minimum atomic E-state index is -2.44. The molecule has 2 heterocycles. The number of benzene rings is 2. The number of aryl methyl sites for hydroxylation is 4. The van der Waals surface area contributed by atoms with Crippen molar-refractivity contribution in [3.8, 4) is 11.5 Å². The third kappa shape index (κ3) is 6.18.